The summed E-state index contributed by atoms with van der Waals surface area (Å²) in [6.07, 6.45) is 3.83. The summed E-state index contributed by atoms with van der Waals surface area (Å²) in [5.41, 5.74) is 5.48. The summed E-state index contributed by atoms with van der Waals surface area (Å²) in [6, 6.07) is 6.20. The van der Waals surface area contributed by atoms with Crippen molar-refractivity contribution in [2.75, 3.05) is 0 Å². The Hall–Kier alpha value is -1.41. The van der Waals surface area contributed by atoms with Gasteiger partial charge in [-0.15, -0.1) is 0 Å². The smallest absolute Gasteiger partial charge is 0.116 e. The average molecular weight is 289 g/mol. The van der Waals surface area contributed by atoms with E-state index in [0.29, 0.717) is 5.92 Å². The molecule has 0 spiro atoms. The van der Waals surface area contributed by atoms with E-state index in [-0.39, 0.29) is 0 Å². The van der Waals surface area contributed by atoms with Gasteiger partial charge in [0.1, 0.15) is 6.33 Å². The Morgan fingerprint density at radius 2 is 1.85 bits per heavy atom. The first-order valence-corrected chi connectivity index (χ1v) is 7.43. The molecule has 0 amide bonds. The molecule has 106 valence electrons. The lowest BCUT2D eigenvalue weighted by atomic mass is 9.96. The maximum atomic E-state index is 6.38. The average Bonchev–Trinajstić information content (AvgIpc) is 2.40. The third kappa shape index (κ3) is 3.57. The number of nitrogens with zero attached hydrogens (tertiary/aromatic N) is 2. The summed E-state index contributed by atoms with van der Waals surface area (Å²) in [4.78, 5) is 8.49. The number of hydrogen-bond acceptors (Lipinski definition) is 2. The standard InChI is InChI=1S/C17H21ClN2/c1-11(2)5-6-14-8-15(9-16(18)13(14)4)17-7-12(3)19-10-20-17/h7-11H,5-6H2,1-4H3. The second-order valence-corrected chi connectivity index (χ2v) is 6.13. The Bertz CT molecular complexity index is 606. The van der Waals surface area contributed by atoms with Gasteiger partial charge in [0.25, 0.3) is 0 Å². The maximum absolute atomic E-state index is 6.38. The van der Waals surface area contributed by atoms with Gasteiger partial charge in [-0.2, -0.15) is 0 Å². The number of aryl methyl sites for hydroxylation is 2. The fourth-order valence-electron chi connectivity index (χ4n) is 2.20. The Balaban J connectivity index is 2.40. The van der Waals surface area contributed by atoms with Crippen molar-refractivity contribution in [3.05, 3.63) is 46.4 Å². The molecule has 0 saturated carbocycles. The first-order chi connectivity index (χ1) is 9.47. The molecule has 3 heteroatoms. The van der Waals surface area contributed by atoms with E-state index in [4.69, 9.17) is 11.6 Å². The van der Waals surface area contributed by atoms with E-state index in [1.54, 1.807) is 6.33 Å². The number of rotatable bonds is 4. The summed E-state index contributed by atoms with van der Waals surface area (Å²) in [5.74, 6) is 0.693. The summed E-state index contributed by atoms with van der Waals surface area (Å²) in [7, 11) is 0. The van der Waals surface area contributed by atoms with E-state index in [1.807, 2.05) is 19.1 Å². The van der Waals surface area contributed by atoms with E-state index in [2.05, 4.69) is 36.8 Å². The molecule has 2 aromatic rings. The molecule has 2 nitrogen and oxygen atoms in total. The molecule has 1 aromatic heterocycles. The van der Waals surface area contributed by atoms with Crippen molar-refractivity contribution >= 4 is 11.6 Å². The zero-order valence-electron chi connectivity index (χ0n) is 12.6. The van der Waals surface area contributed by atoms with Crippen LogP contribution in [0.15, 0.2) is 24.5 Å². The van der Waals surface area contributed by atoms with Gasteiger partial charge < -0.3 is 0 Å². The van der Waals surface area contributed by atoms with Crippen molar-refractivity contribution in [2.45, 2.75) is 40.5 Å². The SMILES string of the molecule is Cc1cc(-c2cc(Cl)c(C)c(CCC(C)C)c2)ncn1. The monoisotopic (exact) mass is 288 g/mol. The van der Waals surface area contributed by atoms with Crippen LogP contribution >= 0.6 is 11.6 Å². The van der Waals surface area contributed by atoms with Crippen LogP contribution in [0.4, 0.5) is 0 Å². The Kier molecular flexibility index (Phi) is 4.77. The predicted octanol–water partition coefficient (Wildman–Crippen LogP) is 5.00. The van der Waals surface area contributed by atoms with Gasteiger partial charge in [-0.05, 0) is 61.9 Å². The summed E-state index contributed by atoms with van der Waals surface area (Å²) in [5, 5.41) is 0.817. The highest BCUT2D eigenvalue weighted by molar-refractivity contribution is 6.31. The molecular weight excluding hydrogens is 268 g/mol. The maximum Gasteiger partial charge on any atom is 0.116 e. The molecule has 0 radical (unpaired) electrons. The van der Waals surface area contributed by atoms with Crippen molar-refractivity contribution in [1.29, 1.82) is 0 Å². The van der Waals surface area contributed by atoms with E-state index < -0.39 is 0 Å². The molecule has 0 aliphatic carbocycles. The van der Waals surface area contributed by atoms with Crippen molar-refractivity contribution in [2.24, 2.45) is 5.92 Å². The minimum Gasteiger partial charge on any atom is -0.242 e. The van der Waals surface area contributed by atoms with Crippen molar-refractivity contribution in [3.8, 4) is 11.3 Å². The van der Waals surface area contributed by atoms with Gasteiger partial charge in [0, 0.05) is 16.3 Å². The Morgan fingerprint density at radius 3 is 2.50 bits per heavy atom. The van der Waals surface area contributed by atoms with E-state index in [0.717, 1.165) is 28.4 Å². The van der Waals surface area contributed by atoms with Crippen LogP contribution in [0.5, 0.6) is 0 Å². The van der Waals surface area contributed by atoms with E-state index in [1.165, 1.54) is 17.5 Å². The molecule has 0 aliphatic heterocycles. The van der Waals surface area contributed by atoms with Crippen molar-refractivity contribution < 1.29 is 0 Å². The van der Waals surface area contributed by atoms with Crippen LogP contribution in [0, 0.1) is 19.8 Å². The van der Waals surface area contributed by atoms with Crippen molar-refractivity contribution in [1.82, 2.24) is 9.97 Å². The lowest BCUT2D eigenvalue weighted by molar-refractivity contribution is 0.586. The third-order valence-corrected chi connectivity index (χ3v) is 3.94. The second-order valence-electron chi connectivity index (χ2n) is 5.72. The van der Waals surface area contributed by atoms with Crippen LogP contribution in [-0.4, -0.2) is 9.97 Å². The van der Waals surface area contributed by atoms with Gasteiger partial charge in [-0.3, -0.25) is 0 Å². The van der Waals surface area contributed by atoms with Gasteiger partial charge in [-0.1, -0.05) is 25.4 Å². The third-order valence-electron chi connectivity index (χ3n) is 3.54. The molecule has 1 heterocycles. The molecule has 0 unspecified atom stereocenters. The first kappa shape index (κ1) is 15.0. The minimum atomic E-state index is 0.693. The zero-order valence-corrected chi connectivity index (χ0v) is 13.3. The van der Waals surface area contributed by atoms with Gasteiger partial charge in [0.2, 0.25) is 0 Å². The van der Waals surface area contributed by atoms with E-state index >= 15 is 0 Å². The van der Waals surface area contributed by atoms with E-state index in [9.17, 15) is 0 Å². The Labute approximate surface area is 126 Å². The highest BCUT2D eigenvalue weighted by Crippen LogP contribution is 2.28. The number of benzene rings is 1. The zero-order chi connectivity index (χ0) is 14.7. The largest absolute Gasteiger partial charge is 0.242 e. The predicted molar refractivity (Wildman–Crippen MR) is 85.1 cm³/mol. The Morgan fingerprint density at radius 1 is 1.10 bits per heavy atom. The lowest BCUT2D eigenvalue weighted by Crippen LogP contribution is -1.97. The highest BCUT2D eigenvalue weighted by Gasteiger charge is 2.09. The highest BCUT2D eigenvalue weighted by atomic mass is 35.5. The van der Waals surface area contributed by atoms with Crippen LogP contribution in [0.1, 0.15) is 37.1 Å². The van der Waals surface area contributed by atoms with Gasteiger partial charge in [-0.25, -0.2) is 9.97 Å². The first-order valence-electron chi connectivity index (χ1n) is 7.05. The normalized spacial score (nSPS) is 11.1. The van der Waals surface area contributed by atoms with Crippen LogP contribution in [0.2, 0.25) is 5.02 Å². The molecule has 0 atom stereocenters. The van der Waals surface area contributed by atoms with Gasteiger partial charge in [0.15, 0.2) is 0 Å². The molecule has 20 heavy (non-hydrogen) atoms. The molecule has 0 aliphatic rings. The summed E-state index contributed by atoms with van der Waals surface area (Å²) in [6.45, 7) is 8.55. The molecule has 2 rings (SSSR count). The molecule has 1 aromatic carbocycles. The lowest BCUT2D eigenvalue weighted by Gasteiger charge is -2.12. The summed E-state index contributed by atoms with van der Waals surface area (Å²) >= 11 is 6.38. The second kappa shape index (κ2) is 6.36. The molecule has 0 saturated heterocycles. The fourth-order valence-corrected chi connectivity index (χ4v) is 2.44. The quantitative estimate of drug-likeness (QED) is 0.791. The minimum absolute atomic E-state index is 0.693. The fraction of sp³-hybridized carbons (Fsp3) is 0.412. The van der Waals surface area contributed by atoms with Crippen LogP contribution in [0.3, 0.4) is 0 Å². The van der Waals surface area contributed by atoms with Crippen LogP contribution in [-0.2, 0) is 6.42 Å². The number of hydrogen-bond donors (Lipinski definition) is 0. The van der Waals surface area contributed by atoms with Crippen molar-refractivity contribution in [3.63, 3.8) is 0 Å². The summed E-state index contributed by atoms with van der Waals surface area (Å²) < 4.78 is 0. The molecule has 0 N–H and O–H groups in total. The molecule has 0 fully saturated rings. The number of halogens is 1. The van der Waals surface area contributed by atoms with Crippen LogP contribution < -0.4 is 0 Å². The van der Waals surface area contributed by atoms with Crippen LogP contribution in [0.25, 0.3) is 11.3 Å². The number of aromatic nitrogens is 2. The van der Waals surface area contributed by atoms with Gasteiger partial charge >= 0.3 is 0 Å². The topological polar surface area (TPSA) is 25.8 Å². The molecule has 0 bridgehead atoms. The molecular formula is C17H21ClN2. The van der Waals surface area contributed by atoms with Gasteiger partial charge in [0.05, 0.1) is 5.69 Å².